The summed E-state index contributed by atoms with van der Waals surface area (Å²) >= 11 is 0. The molecule has 0 fully saturated rings. The van der Waals surface area contributed by atoms with E-state index in [1.54, 1.807) is 43.3 Å². The Kier molecular flexibility index (Phi) is 6.39. The van der Waals surface area contributed by atoms with Gasteiger partial charge in [0.25, 0.3) is 5.91 Å². The first-order valence-electron chi connectivity index (χ1n) is 7.89. The summed E-state index contributed by atoms with van der Waals surface area (Å²) in [5.74, 6) is 0.761. The number of hydrogen-bond donors (Lipinski definition) is 1. The first-order valence-corrected chi connectivity index (χ1v) is 7.89. The first-order chi connectivity index (χ1) is 12.0. The van der Waals surface area contributed by atoms with Gasteiger partial charge in [0.05, 0.1) is 7.11 Å². The average Bonchev–Trinajstić information content (AvgIpc) is 2.63. The zero-order valence-electron chi connectivity index (χ0n) is 14.7. The Morgan fingerprint density at radius 2 is 1.84 bits per heavy atom. The molecule has 0 heterocycles. The van der Waals surface area contributed by atoms with Crippen molar-refractivity contribution in [3.05, 3.63) is 65.2 Å². The number of nitrogens with zero attached hydrogens (tertiary/aromatic N) is 2. The number of benzene rings is 2. The summed E-state index contributed by atoms with van der Waals surface area (Å²) in [6, 6.07) is 15.0. The van der Waals surface area contributed by atoms with Crippen molar-refractivity contribution in [2.45, 2.75) is 13.5 Å². The molecule has 0 aliphatic heterocycles. The van der Waals surface area contributed by atoms with Gasteiger partial charge in [0.2, 0.25) is 0 Å². The lowest BCUT2D eigenvalue weighted by molar-refractivity contribution is -0.135. The molecule has 25 heavy (non-hydrogen) atoms. The largest absolute Gasteiger partial charge is 0.497 e. The summed E-state index contributed by atoms with van der Waals surface area (Å²) in [7, 11) is 3.32. The maximum Gasteiger partial charge on any atom is 0.263 e. The van der Waals surface area contributed by atoms with Gasteiger partial charge in [-0.3, -0.25) is 4.79 Å². The predicted molar refractivity (Wildman–Crippen MR) is 97.3 cm³/mol. The van der Waals surface area contributed by atoms with E-state index in [9.17, 15) is 4.79 Å². The summed E-state index contributed by atoms with van der Waals surface area (Å²) in [6.45, 7) is 2.37. The number of nitrogens with two attached hydrogens (primary N) is 1. The fourth-order valence-electron chi connectivity index (χ4n) is 2.21. The SMILES string of the molecule is COc1ccc(/C(N)=N/OCC(=O)N(C)Cc2ccccc2C)cc1. The molecular weight excluding hydrogens is 318 g/mol. The lowest BCUT2D eigenvalue weighted by atomic mass is 10.1. The van der Waals surface area contributed by atoms with E-state index < -0.39 is 0 Å². The van der Waals surface area contributed by atoms with Gasteiger partial charge in [-0.05, 0) is 42.3 Å². The van der Waals surface area contributed by atoms with Gasteiger partial charge in [-0.15, -0.1) is 0 Å². The molecule has 0 aliphatic rings. The number of aryl methyl sites for hydroxylation is 1. The Morgan fingerprint density at radius 1 is 1.16 bits per heavy atom. The van der Waals surface area contributed by atoms with Crippen LogP contribution in [0.1, 0.15) is 16.7 Å². The molecule has 0 spiro atoms. The number of rotatable bonds is 7. The molecule has 0 aliphatic carbocycles. The zero-order valence-corrected chi connectivity index (χ0v) is 14.7. The van der Waals surface area contributed by atoms with E-state index in [1.807, 2.05) is 31.2 Å². The molecule has 0 saturated carbocycles. The Morgan fingerprint density at radius 3 is 2.48 bits per heavy atom. The van der Waals surface area contributed by atoms with E-state index >= 15 is 0 Å². The molecule has 0 bridgehead atoms. The van der Waals surface area contributed by atoms with Crippen molar-refractivity contribution >= 4 is 11.7 Å². The molecule has 1 amide bonds. The number of hydrogen-bond acceptors (Lipinski definition) is 4. The van der Waals surface area contributed by atoms with Gasteiger partial charge in [-0.25, -0.2) is 0 Å². The zero-order chi connectivity index (χ0) is 18.2. The van der Waals surface area contributed by atoms with Gasteiger partial charge in [-0.1, -0.05) is 29.4 Å². The molecule has 2 aromatic rings. The number of ether oxygens (including phenoxy) is 1. The monoisotopic (exact) mass is 341 g/mol. The lowest BCUT2D eigenvalue weighted by Gasteiger charge is -2.17. The van der Waals surface area contributed by atoms with Crippen LogP contribution in [0.2, 0.25) is 0 Å². The molecule has 0 unspecified atom stereocenters. The highest BCUT2D eigenvalue weighted by molar-refractivity contribution is 5.97. The van der Waals surface area contributed by atoms with Crippen molar-refractivity contribution in [2.24, 2.45) is 10.9 Å². The predicted octanol–water partition coefficient (Wildman–Crippen LogP) is 2.30. The quantitative estimate of drug-likeness (QED) is 0.476. The maximum atomic E-state index is 12.1. The van der Waals surface area contributed by atoms with E-state index in [4.69, 9.17) is 15.3 Å². The second kappa shape index (κ2) is 8.73. The maximum absolute atomic E-state index is 12.1. The molecule has 2 rings (SSSR count). The van der Waals surface area contributed by atoms with E-state index in [0.29, 0.717) is 12.1 Å². The van der Waals surface area contributed by atoms with Crippen LogP contribution in [0.3, 0.4) is 0 Å². The number of oxime groups is 1. The van der Waals surface area contributed by atoms with Crippen LogP contribution in [-0.2, 0) is 16.2 Å². The molecule has 2 N–H and O–H groups in total. The van der Waals surface area contributed by atoms with Crippen LogP contribution in [0.5, 0.6) is 5.75 Å². The summed E-state index contributed by atoms with van der Waals surface area (Å²) in [5.41, 5.74) is 8.79. The third kappa shape index (κ3) is 5.24. The number of amides is 1. The van der Waals surface area contributed by atoms with Gasteiger partial charge < -0.3 is 20.2 Å². The number of likely N-dealkylation sites (N-methyl/N-ethyl adjacent to an activating group) is 1. The number of carbonyl (C=O) groups excluding carboxylic acids is 1. The molecule has 6 heteroatoms. The fraction of sp³-hybridized carbons (Fsp3) is 0.263. The minimum atomic E-state index is -0.172. The van der Waals surface area contributed by atoms with Crippen LogP contribution < -0.4 is 10.5 Å². The summed E-state index contributed by atoms with van der Waals surface area (Å²) in [6.07, 6.45) is 0. The highest BCUT2D eigenvalue weighted by Crippen LogP contribution is 2.11. The average molecular weight is 341 g/mol. The minimum Gasteiger partial charge on any atom is -0.497 e. The van der Waals surface area contributed by atoms with E-state index in [0.717, 1.165) is 16.9 Å². The van der Waals surface area contributed by atoms with Gasteiger partial charge >= 0.3 is 0 Å². The molecule has 0 saturated heterocycles. The van der Waals surface area contributed by atoms with Crippen molar-refractivity contribution in [1.29, 1.82) is 0 Å². The van der Waals surface area contributed by atoms with E-state index in [-0.39, 0.29) is 18.3 Å². The Labute approximate surface area is 147 Å². The van der Waals surface area contributed by atoms with Crippen molar-refractivity contribution in [3.8, 4) is 5.75 Å². The third-order valence-electron chi connectivity index (χ3n) is 3.83. The number of amidine groups is 1. The topological polar surface area (TPSA) is 77.1 Å². The molecule has 0 atom stereocenters. The second-order valence-corrected chi connectivity index (χ2v) is 5.65. The molecular formula is C19H23N3O3. The highest BCUT2D eigenvalue weighted by Gasteiger charge is 2.11. The van der Waals surface area contributed by atoms with Crippen LogP contribution in [0.25, 0.3) is 0 Å². The second-order valence-electron chi connectivity index (χ2n) is 5.65. The number of methoxy groups -OCH3 is 1. The van der Waals surface area contributed by atoms with Crippen molar-refractivity contribution in [2.75, 3.05) is 20.8 Å². The molecule has 0 aromatic heterocycles. The number of carbonyl (C=O) groups is 1. The minimum absolute atomic E-state index is 0.167. The Hall–Kier alpha value is -3.02. The molecule has 132 valence electrons. The van der Waals surface area contributed by atoms with E-state index in [2.05, 4.69) is 5.16 Å². The summed E-state index contributed by atoms with van der Waals surface area (Å²) in [4.78, 5) is 18.8. The molecule has 2 aromatic carbocycles. The van der Waals surface area contributed by atoms with Gasteiger partial charge in [-0.2, -0.15) is 0 Å². The van der Waals surface area contributed by atoms with E-state index in [1.165, 1.54) is 0 Å². The van der Waals surface area contributed by atoms with Crippen LogP contribution >= 0.6 is 0 Å². The van der Waals surface area contributed by atoms with Gasteiger partial charge in [0.15, 0.2) is 12.4 Å². The van der Waals surface area contributed by atoms with Crippen molar-refractivity contribution < 1.29 is 14.4 Å². The van der Waals surface area contributed by atoms with Crippen LogP contribution in [0.4, 0.5) is 0 Å². The highest BCUT2D eigenvalue weighted by atomic mass is 16.6. The standard InChI is InChI=1S/C19H23N3O3/c1-14-6-4-5-7-16(14)12-22(2)18(23)13-25-21-19(20)15-8-10-17(24-3)11-9-15/h4-11H,12-13H2,1-3H3,(H2,20,21). The normalized spacial score (nSPS) is 11.1. The smallest absolute Gasteiger partial charge is 0.263 e. The Bertz CT molecular complexity index is 742. The van der Waals surface area contributed by atoms with Crippen molar-refractivity contribution in [3.63, 3.8) is 0 Å². The fourth-order valence-corrected chi connectivity index (χ4v) is 2.21. The Balaban J connectivity index is 1.87. The van der Waals surface area contributed by atoms with Crippen LogP contribution in [0.15, 0.2) is 53.7 Å². The van der Waals surface area contributed by atoms with Crippen LogP contribution in [-0.4, -0.2) is 37.4 Å². The van der Waals surface area contributed by atoms with Gasteiger partial charge in [0, 0.05) is 19.2 Å². The van der Waals surface area contributed by atoms with Crippen molar-refractivity contribution in [1.82, 2.24) is 4.90 Å². The molecule has 6 nitrogen and oxygen atoms in total. The lowest BCUT2D eigenvalue weighted by Crippen LogP contribution is -2.30. The van der Waals surface area contributed by atoms with Gasteiger partial charge in [0.1, 0.15) is 5.75 Å². The summed E-state index contributed by atoms with van der Waals surface area (Å²) < 4.78 is 5.08. The summed E-state index contributed by atoms with van der Waals surface area (Å²) in [5, 5.41) is 3.80. The first kappa shape index (κ1) is 18.3. The third-order valence-corrected chi connectivity index (χ3v) is 3.83. The molecule has 0 radical (unpaired) electrons. The van der Waals surface area contributed by atoms with Crippen LogP contribution in [0, 0.1) is 6.92 Å².